The Morgan fingerprint density at radius 2 is 1.77 bits per heavy atom. The topological polar surface area (TPSA) is 114 Å². The van der Waals surface area contributed by atoms with Gasteiger partial charge in [-0.3, -0.25) is 14.7 Å². The first-order valence-corrected chi connectivity index (χ1v) is 10.2. The second kappa shape index (κ2) is 6.17. The summed E-state index contributed by atoms with van der Waals surface area (Å²) in [4.78, 5) is 31.3. The minimum Gasteiger partial charge on any atom is -0.396 e. The molecule has 2 N–H and O–H groups in total. The molecule has 0 radical (unpaired) electrons. The van der Waals surface area contributed by atoms with Crippen LogP contribution in [0.2, 0.25) is 0 Å². The van der Waals surface area contributed by atoms with Crippen molar-refractivity contribution in [3.05, 3.63) is 42.7 Å². The Kier molecular flexibility index (Phi) is 4.14. The standard InChI is InChI=1S/C18H15F3N4O4S/c1-10-8-17(10)15(26)24(16(27)25(17)14-6-7-23-9-13(14)22)11-2-4-12(5-3-11)30(28,29)18(19,20)21/h2-7,9-10H,8,22H2,1H3. The lowest BCUT2D eigenvalue weighted by Gasteiger charge is -2.23. The molecular formula is C18H15F3N4O4S. The van der Waals surface area contributed by atoms with Gasteiger partial charge in [-0.2, -0.15) is 13.2 Å². The van der Waals surface area contributed by atoms with Crippen LogP contribution in [-0.2, 0) is 14.6 Å². The van der Waals surface area contributed by atoms with Gasteiger partial charge in [0.15, 0.2) is 0 Å². The third-order valence-corrected chi connectivity index (χ3v) is 6.91. The van der Waals surface area contributed by atoms with E-state index in [4.69, 9.17) is 5.73 Å². The van der Waals surface area contributed by atoms with Crippen molar-refractivity contribution in [3.8, 4) is 0 Å². The molecule has 2 unspecified atom stereocenters. The maximum Gasteiger partial charge on any atom is 0.501 e. The van der Waals surface area contributed by atoms with Crippen LogP contribution in [0.4, 0.5) is 35.0 Å². The molecule has 8 nitrogen and oxygen atoms in total. The number of anilines is 3. The van der Waals surface area contributed by atoms with Gasteiger partial charge >= 0.3 is 11.5 Å². The summed E-state index contributed by atoms with van der Waals surface area (Å²) in [6.07, 6.45) is 3.15. The van der Waals surface area contributed by atoms with E-state index in [1.54, 1.807) is 6.92 Å². The number of carbonyl (C=O) groups excluding carboxylic acids is 2. The Hall–Kier alpha value is -3.15. The van der Waals surface area contributed by atoms with Gasteiger partial charge < -0.3 is 5.73 Å². The van der Waals surface area contributed by atoms with Crippen LogP contribution in [-0.4, -0.2) is 36.4 Å². The molecule has 158 valence electrons. The van der Waals surface area contributed by atoms with E-state index in [2.05, 4.69) is 4.98 Å². The molecule has 1 aromatic heterocycles. The van der Waals surface area contributed by atoms with Crippen molar-refractivity contribution in [1.82, 2.24) is 4.98 Å². The summed E-state index contributed by atoms with van der Waals surface area (Å²) in [6.45, 7) is 1.79. The highest BCUT2D eigenvalue weighted by molar-refractivity contribution is 7.92. The molecule has 12 heteroatoms. The number of nitrogen functional groups attached to an aromatic ring is 1. The molecule has 3 amide bonds. The average molecular weight is 440 g/mol. The summed E-state index contributed by atoms with van der Waals surface area (Å²) in [5.41, 5.74) is -0.234. The zero-order valence-corrected chi connectivity index (χ0v) is 16.2. The number of nitrogens with zero attached hydrogens (tertiary/aromatic N) is 3. The van der Waals surface area contributed by atoms with Crippen molar-refractivity contribution in [2.75, 3.05) is 15.5 Å². The molecule has 1 aromatic carbocycles. The van der Waals surface area contributed by atoms with Gasteiger partial charge in [-0.25, -0.2) is 18.1 Å². The molecule has 1 aliphatic heterocycles. The van der Waals surface area contributed by atoms with Gasteiger partial charge in [0, 0.05) is 6.20 Å². The molecule has 1 aliphatic carbocycles. The Bertz CT molecular complexity index is 1170. The number of urea groups is 1. The van der Waals surface area contributed by atoms with Crippen molar-refractivity contribution in [1.29, 1.82) is 0 Å². The van der Waals surface area contributed by atoms with Crippen LogP contribution < -0.4 is 15.5 Å². The maximum absolute atomic E-state index is 13.2. The number of carbonyl (C=O) groups is 2. The van der Waals surface area contributed by atoms with Crippen LogP contribution in [0.1, 0.15) is 13.3 Å². The molecule has 2 aromatic rings. The quantitative estimate of drug-likeness (QED) is 0.735. The third-order valence-electron chi connectivity index (χ3n) is 5.41. The van der Waals surface area contributed by atoms with Crippen molar-refractivity contribution >= 4 is 38.8 Å². The van der Waals surface area contributed by atoms with Crippen LogP contribution >= 0.6 is 0 Å². The number of aromatic nitrogens is 1. The van der Waals surface area contributed by atoms with Crippen molar-refractivity contribution in [3.63, 3.8) is 0 Å². The van der Waals surface area contributed by atoms with E-state index in [1.165, 1.54) is 23.4 Å². The van der Waals surface area contributed by atoms with Crippen LogP contribution in [0.15, 0.2) is 47.6 Å². The molecule has 1 spiro atoms. The van der Waals surface area contributed by atoms with Crippen LogP contribution in [0.5, 0.6) is 0 Å². The molecule has 2 fully saturated rings. The number of pyridine rings is 1. The number of rotatable bonds is 3. The molecule has 4 rings (SSSR count). The molecule has 2 aliphatic rings. The molecule has 1 saturated heterocycles. The summed E-state index contributed by atoms with van der Waals surface area (Å²) in [6, 6.07) is 4.18. The first-order chi connectivity index (χ1) is 13.9. The van der Waals surface area contributed by atoms with Crippen molar-refractivity contribution < 1.29 is 31.2 Å². The zero-order chi connectivity index (χ0) is 22.1. The number of halogens is 3. The normalized spacial score (nSPS) is 24.1. The number of hydrogen-bond donors (Lipinski definition) is 1. The largest absolute Gasteiger partial charge is 0.501 e. The maximum atomic E-state index is 13.2. The van der Waals surface area contributed by atoms with E-state index in [0.29, 0.717) is 24.2 Å². The Balaban J connectivity index is 1.75. The molecule has 1 saturated carbocycles. The lowest BCUT2D eigenvalue weighted by atomic mass is 10.1. The Labute approximate surface area is 169 Å². The van der Waals surface area contributed by atoms with Crippen LogP contribution in [0, 0.1) is 5.92 Å². The highest BCUT2D eigenvalue weighted by atomic mass is 32.2. The molecule has 2 heterocycles. The third kappa shape index (κ3) is 2.59. The van der Waals surface area contributed by atoms with E-state index in [-0.39, 0.29) is 17.3 Å². The molecule has 30 heavy (non-hydrogen) atoms. The Morgan fingerprint density at radius 3 is 2.27 bits per heavy atom. The SMILES string of the molecule is CC1CC12C(=O)N(c1ccc(S(=O)(=O)C(F)(F)F)cc1)C(=O)N2c1ccncc1N. The van der Waals surface area contributed by atoms with E-state index in [1.807, 2.05) is 0 Å². The lowest BCUT2D eigenvalue weighted by Crippen LogP contribution is -2.39. The fourth-order valence-electron chi connectivity index (χ4n) is 3.72. The van der Waals surface area contributed by atoms with Gasteiger partial charge in [0.1, 0.15) is 5.54 Å². The first-order valence-electron chi connectivity index (χ1n) is 8.72. The van der Waals surface area contributed by atoms with Crippen LogP contribution in [0.3, 0.4) is 0 Å². The highest BCUT2D eigenvalue weighted by Gasteiger charge is 2.70. The second-order valence-electron chi connectivity index (χ2n) is 7.17. The van der Waals surface area contributed by atoms with Crippen molar-refractivity contribution in [2.45, 2.75) is 29.3 Å². The summed E-state index contributed by atoms with van der Waals surface area (Å²) in [5.74, 6) is -0.723. The number of hydrogen-bond acceptors (Lipinski definition) is 6. The minimum atomic E-state index is -5.54. The minimum absolute atomic E-state index is 0.0419. The number of imide groups is 1. The summed E-state index contributed by atoms with van der Waals surface area (Å²) in [7, 11) is -5.54. The van der Waals surface area contributed by atoms with Gasteiger partial charge in [-0.15, -0.1) is 0 Å². The summed E-state index contributed by atoms with van der Waals surface area (Å²) >= 11 is 0. The van der Waals surface area contributed by atoms with Gasteiger partial charge in [0.05, 0.1) is 28.2 Å². The van der Waals surface area contributed by atoms with Gasteiger partial charge in [-0.05, 0) is 42.7 Å². The number of alkyl halides is 3. The van der Waals surface area contributed by atoms with E-state index in [0.717, 1.165) is 17.0 Å². The molecular weight excluding hydrogens is 425 g/mol. The van der Waals surface area contributed by atoms with E-state index in [9.17, 15) is 31.2 Å². The number of benzene rings is 1. The van der Waals surface area contributed by atoms with Gasteiger partial charge in [0.25, 0.3) is 15.7 Å². The first kappa shape index (κ1) is 20.1. The van der Waals surface area contributed by atoms with Crippen LogP contribution in [0.25, 0.3) is 0 Å². The van der Waals surface area contributed by atoms with E-state index >= 15 is 0 Å². The van der Waals surface area contributed by atoms with Gasteiger partial charge in [0.2, 0.25) is 0 Å². The number of sulfone groups is 1. The smallest absolute Gasteiger partial charge is 0.396 e. The van der Waals surface area contributed by atoms with Gasteiger partial charge in [-0.1, -0.05) is 6.92 Å². The predicted molar refractivity (Wildman–Crippen MR) is 100 cm³/mol. The second-order valence-corrected chi connectivity index (χ2v) is 9.11. The zero-order valence-electron chi connectivity index (χ0n) is 15.4. The summed E-state index contributed by atoms with van der Waals surface area (Å²) in [5, 5.41) is 0. The average Bonchev–Trinajstić information content (AvgIpc) is 3.29. The van der Waals surface area contributed by atoms with Crippen molar-refractivity contribution in [2.24, 2.45) is 5.92 Å². The lowest BCUT2D eigenvalue weighted by molar-refractivity contribution is -0.119. The predicted octanol–water partition coefficient (Wildman–Crippen LogP) is 2.71. The number of nitrogens with two attached hydrogens (primary N) is 1. The molecule has 2 atom stereocenters. The highest BCUT2D eigenvalue weighted by Crippen LogP contribution is 2.56. The fourth-order valence-corrected chi connectivity index (χ4v) is 4.48. The number of amides is 3. The van der Waals surface area contributed by atoms with E-state index < -0.39 is 37.7 Å². The summed E-state index contributed by atoms with van der Waals surface area (Å²) < 4.78 is 61.3. The Morgan fingerprint density at radius 1 is 1.17 bits per heavy atom. The fraction of sp³-hybridized carbons (Fsp3) is 0.278. The molecule has 0 bridgehead atoms. The monoisotopic (exact) mass is 440 g/mol.